The van der Waals surface area contributed by atoms with Crippen LogP contribution in [-0.2, 0) is 4.74 Å². The Morgan fingerprint density at radius 2 is 1.62 bits per heavy atom. The molecule has 0 saturated heterocycles. The van der Waals surface area contributed by atoms with Crippen molar-refractivity contribution in [2.75, 3.05) is 28.2 Å². The van der Waals surface area contributed by atoms with E-state index < -0.39 is 0 Å². The van der Waals surface area contributed by atoms with Crippen molar-refractivity contribution >= 4 is 28.4 Å². The third kappa shape index (κ3) is 5.83. The number of hydrogen-bond donors (Lipinski definition) is 0. The smallest absolute Gasteiger partial charge is 0.315 e. The third-order valence-electron chi connectivity index (χ3n) is 1.51. The predicted molar refractivity (Wildman–Crippen MR) is 65.8 cm³/mol. The van der Waals surface area contributed by atoms with Crippen LogP contribution in [0.5, 0.6) is 0 Å². The molecule has 0 N–H and O–H groups in total. The SMILES string of the molecule is CC(C)O/C(C(Cl)=[N+](C)C)=C(/Cl)N(C)C.[Cl-]. The Kier molecular flexibility index (Phi) is 9.17. The van der Waals surface area contributed by atoms with E-state index in [-0.39, 0.29) is 18.5 Å². The lowest BCUT2D eigenvalue weighted by Gasteiger charge is -2.17. The lowest BCUT2D eigenvalue weighted by Crippen LogP contribution is -3.00. The first-order chi connectivity index (χ1) is 6.77. The highest BCUT2D eigenvalue weighted by molar-refractivity contribution is 6.68. The fourth-order valence-electron chi connectivity index (χ4n) is 0.824. The molecule has 0 bridgehead atoms. The highest BCUT2D eigenvalue weighted by atomic mass is 35.5. The molecule has 96 valence electrons. The number of ether oxygens (including phenoxy) is 1. The molecule has 0 saturated carbocycles. The van der Waals surface area contributed by atoms with Crippen molar-refractivity contribution in [3.8, 4) is 0 Å². The lowest BCUT2D eigenvalue weighted by molar-refractivity contribution is -0.462. The maximum Gasteiger partial charge on any atom is 0.315 e. The van der Waals surface area contributed by atoms with E-state index in [1.165, 1.54) is 0 Å². The molecular weight excluding hydrogens is 270 g/mol. The van der Waals surface area contributed by atoms with E-state index in [2.05, 4.69) is 0 Å². The average Bonchev–Trinajstić information content (AvgIpc) is 2.11. The van der Waals surface area contributed by atoms with Crippen LogP contribution in [0.2, 0.25) is 0 Å². The summed E-state index contributed by atoms with van der Waals surface area (Å²) < 4.78 is 7.35. The molecule has 6 heteroatoms. The third-order valence-corrected chi connectivity index (χ3v) is 2.53. The van der Waals surface area contributed by atoms with Crippen molar-refractivity contribution in [1.29, 1.82) is 0 Å². The molecule has 0 aromatic carbocycles. The highest BCUT2D eigenvalue weighted by Crippen LogP contribution is 2.18. The molecule has 0 radical (unpaired) electrons. The zero-order chi connectivity index (χ0) is 12.2. The molecule has 0 amide bonds. The highest BCUT2D eigenvalue weighted by Gasteiger charge is 2.21. The zero-order valence-corrected chi connectivity index (χ0v) is 12.8. The summed E-state index contributed by atoms with van der Waals surface area (Å²) in [6.45, 7) is 3.86. The molecule has 0 unspecified atom stereocenters. The molecule has 0 rings (SSSR count). The van der Waals surface area contributed by atoms with E-state index in [1.54, 1.807) is 9.48 Å². The molecule has 0 heterocycles. The van der Waals surface area contributed by atoms with Crippen molar-refractivity contribution in [2.45, 2.75) is 20.0 Å². The van der Waals surface area contributed by atoms with E-state index in [0.29, 0.717) is 16.1 Å². The Balaban J connectivity index is 0. The van der Waals surface area contributed by atoms with Gasteiger partial charge in [-0.1, -0.05) is 11.6 Å². The van der Waals surface area contributed by atoms with Crippen LogP contribution in [-0.4, -0.2) is 48.9 Å². The second-order valence-corrected chi connectivity index (χ2v) is 4.58. The van der Waals surface area contributed by atoms with Gasteiger partial charge >= 0.3 is 5.17 Å². The van der Waals surface area contributed by atoms with Crippen molar-refractivity contribution in [1.82, 2.24) is 4.90 Å². The summed E-state index contributed by atoms with van der Waals surface area (Å²) in [5, 5.41) is 0.977. The molecule has 3 nitrogen and oxygen atoms in total. The van der Waals surface area contributed by atoms with E-state index >= 15 is 0 Å². The van der Waals surface area contributed by atoms with Crippen LogP contribution < -0.4 is 12.4 Å². The van der Waals surface area contributed by atoms with Gasteiger partial charge in [0.1, 0.15) is 14.1 Å². The quantitative estimate of drug-likeness (QED) is 0.294. The summed E-state index contributed by atoms with van der Waals surface area (Å²) in [6.07, 6.45) is 0.0300. The summed E-state index contributed by atoms with van der Waals surface area (Å²) >= 11 is 12.2. The van der Waals surface area contributed by atoms with Gasteiger partial charge in [-0.3, -0.25) is 0 Å². The minimum atomic E-state index is 0. The maximum absolute atomic E-state index is 6.11. The maximum atomic E-state index is 6.11. The summed E-state index contributed by atoms with van der Waals surface area (Å²) in [4.78, 5) is 1.76. The van der Waals surface area contributed by atoms with Gasteiger partial charge < -0.3 is 22.0 Å². The van der Waals surface area contributed by atoms with E-state index in [0.717, 1.165) is 0 Å². The molecular formula is C10H19Cl3N2O. The van der Waals surface area contributed by atoms with E-state index in [1.807, 2.05) is 42.0 Å². The molecule has 0 fully saturated rings. The van der Waals surface area contributed by atoms with Crippen LogP contribution >= 0.6 is 23.2 Å². The van der Waals surface area contributed by atoms with Crippen LogP contribution in [0.4, 0.5) is 0 Å². The Bertz CT molecular complexity index is 282. The topological polar surface area (TPSA) is 15.5 Å². The normalized spacial score (nSPS) is 11.6. The van der Waals surface area contributed by atoms with Crippen molar-refractivity contribution in [3.63, 3.8) is 0 Å². The molecule has 0 spiro atoms. The van der Waals surface area contributed by atoms with Crippen molar-refractivity contribution in [3.05, 3.63) is 10.9 Å². The largest absolute Gasteiger partial charge is 1.00 e. The molecule has 0 aliphatic carbocycles. The molecule has 0 aliphatic heterocycles. The lowest BCUT2D eigenvalue weighted by atomic mass is 10.4. The number of rotatable bonds is 4. The number of hydrogen-bond acceptors (Lipinski definition) is 2. The first kappa shape index (κ1) is 18.3. The van der Waals surface area contributed by atoms with Crippen molar-refractivity contribution in [2.24, 2.45) is 0 Å². The first-order valence-electron chi connectivity index (χ1n) is 4.71. The average molecular weight is 290 g/mol. The Labute approximate surface area is 114 Å². The van der Waals surface area contributed by atoms with Crippen LogP contribution in [0.15, 0.2) is 10.9 Å². The van der Waals surface area contributed by atoms with Crippen molar-refractivity contribution < 1.29 is 21.7 Å². The van der Waals surface area contributed by atoms with Crippen LogP contribution in [0.3, 0.4) is 0 Å². The fourth-order valence-corrected chi connectivity index (χ4v) is 1.14. The monoisotopic (exact) mass is 288 g/mol. The standard InChI is InChI=1S/C10H19Cl2N2O.ClH/c1-7(2)15-8(9(11)13(3)4)10(12)14(5)6;/h7H,1-6H3;1H/q+1;/p-1. The van der Waals surface area contributed by atoms with Gasteiger partial charge in [-0.05, 0) is 25.4 Å². The van der Waals surface area contributed by atoms with Gasteiger partial charge in [0.2, 0.25) is 5.76 Å². The van der Waals surface area contributed by atoms with E-state index in [4.69, 9.17) is 27.9 Å². The van der Waals surface area contributed by atoms with Crippen LogP contribution in [0.25, 0.3) is 0 Å². The first-order valence-corrected chi connectivity index (χ1v) is 5.46. The zero-order valence-electron chi connectivity index (χ0n) is 10.5. The Morgan fingerprint density at radius 3 is 1.88 bits per heavy atom. The molecule has 0 aromatic rings. The van der Waals surface area contributed by atoms with E-state index in [9.17, 15) is 0 Å². The second-order valence-electron chi connectivity index (χ2n) is 3.87. The van der Waals surface area contributed by atoms with Gasteiger partial charge in [-0.15, -0.1) is 0 Å². The Hall–Kier alpha value is -0.120. The molecule has 16 heavy (non-hydrogen) atoms. The summed E-state index contributed by atoms with van der Waals surface area (Å²) in [7, 11) is 7.36. The van der Waals surface area contributed by atoms with Gasteiger partial charge in [-0.25, -0.2) is 4.58 Å². The van der Waals surface area contributed by atoms with Gasteiger partial charge in [0.05, 0.1) is 6.10 Å². The number of allylic oxidation sites excluding steroid dienone is 1. The second kappa shape index (κ2) is 8.04. The number of halogens is 3. The van der Waals surface area contributed by atoms with Crippen LogP contribution in [0, 0.1) is 0 Å². The van der Waals surface area contributed by atoms with Gasteiger partial charge in [-0.2, -0.15) is 0 Å². The van der Waals surface area contributed by atoms with Crippen LogP contribution in [0.1, 0.15) is 13.8 Å². The molecule has 0 aliphatic rings. The van der Waals surface area contributed by atoms with Gasteiger partial charge in [0, 0.05) is 14.1 Å². The minimum absolute atomic E-state index is 0. The number of nitrogens with zero attached hydrogens (tertiary/aromatic N) is 2. The summed E-state index contributed by atoms with van der Waals surface area (Å²) in [5.74, 6) is 0.503. The summed E-state index contributed by atoms with van der Waals surface area (Å²) in [5.41, 5.74) is 0. The summed E-state index contributed by atoms with van der Waals surface area (Å²) in [6, 6.07) is 0. The minimum Gasteiger partial charge on any atom is -1.00 e. The molecule has 0 aromatic heterocycles. The molecule has 0 atom stereocenters. The fraction of sp³-hybridized carbons (Fsp3) is 0.700. The van der Waals surface area contributed by atoms with Gasteiger partial charge in [0.25, 0.3) is 0 Å². The Morgan fingerprint density at radius 1 is 1.19 bits per heavy atom. The van der Waals surface area contributed by atoms with Gasteiger partial charge in [0.15, 0.2) is 5.16 Å². The predicted octanol–water partition coefficient (Wildman–Crippen LogP) is -0.706.